The molecule has 2 amide bonds. The van der Waals surface area contributed by atoms with Crippen molar-refractivity contribution >= 4 is 17.5 Å². The normalized spacial score (nSPS) is 15.5. The van der Waals surface area contributed by atoms with E-state index in [4.69, 9.17) is 0 Å². The molecule has 164 valence electrons. The van der Waals surface area contributed by atoms with Gasteiger partial charge in [0.05, 0.1) is 4.92 Å². The van der Waals surface area contributed by atoms with E-state index >= 15 is 0 Å². The first kappa shape index (κ1) is 21.2. The van der Waals surface area contributed by atoms with Crippen LogP contribution in [0.15, 0.2) is 55.0 Å². The van der Waals surface area contributed by atoms with E-state index < -0.39 is 11.0 Å². The van der Waals surface area contributed by atoms with Crippen LogP contribution >= 0.6 is 0 Å². The van der Waals surface area contributed by atoms with Gasteiger partial charge in [-0.15, -0.1) is 0 Å². The average Bonchev–Trinajstić information content (AvgIpc) is 3.49. The topological polar surface area (TPSA) is 123 Å². The summed E-state index contributed by atoms with van der Waals surface area (Å²) >= 11 is 0. The molecule has 1 saturated heterocycles. The molecule has 3 aromatic rings. The first-order chi connectivity index (χ1) is 15.5. The number of amides is 2. The maximum Gasteiger partial charge on any atom is 0.272 e. The average molecular weight is 434 g/mol. The number of nitro benzene ring substituents is 1. The van der Waals surface area contributed by atoms with Gasteiger partial charge in [0, 0.05) is 54.4 Å². The lowest BCUT2D eigenvalue weighted by molar-refractivity contribution is -0.385. The number of nitrogens with one attached hydrogen (secondary N) is 1. The lowest BCUT2D eigenvalue weighted by atomic mass is 10.1. The molecule has 0 spiro atoms. The summed E-state index contributed by atoms with van der Waals surface area (Å²) in [5.41, 5.74) is 1.50. The molecule has 1 N–H and O–H groups in total. The van der Waals surface area contributed by atoms with Gasteiger partial charge in [0.1, 0.15) is 6.04 Å². The van der Waals surface area contributed by atoms with Crippen LogP contribution in [0.4, 0.5) is 5.69 Å². The molecule has 2 aromatic heterocycles. The van der Waals surface area contributed by atoms with Gasteiger partial charge in [-0.05, 0) is 44.0 Å². The third-order valence-electron chi connectivity index (χ3n) is 5.50. The molecule has 0 bridgehead atoms. The van der Waals surface area contributed by atoms with Crippen molar-refractivity contribution in [3.63, 3.8) is 0 Å². The number of nitrogens with zero attached hydrogens (tertiary/aromatic N) is 5. The van der Waals surface area contributed by atoms with Gasteiger partial charge in [-0.3, -0.25) is 19.7 Å². The predicted molar refractivity (Wildman–Crippen MR) is 115 cm³/mol. The number of likely N-dealkylation sites (tertiary alicyclic amines) is 1. The van der Waals surface area contributed by atoms with E-state index in [1.165, 1.54) is 23.1 Å². The van der Waals surface area contributed by atoms with Crippen LogP contribution in [0.3, 0.4) is 0 Å². The highest BCUT2D eigenvalue weighted by molar-refractivity contribution is 5.98. The van der Waals surface area contributed by atoms with Crippen molar-refractivity contribution in [2.75, 3.05) is 6.54 Å². The number of aromatic nitrogens is 3. The third-order valence-corrected chi connectivity index (χ3v) is 5.50. The van der Waals surface area contributed by atoms with E-state index in [-0.39, 0.29) is 24.0 Å². The largest absolute Gasteiger partial charge is 0.350 e. The predicted octanol–water partition coefficient (Wildman–Crippen LogP) is 2.40. The molecule has 1 atom stereocenters. The number of aryl methyl sites for hydroxylation is 1. The summed E-state index contributed by atoms with van der Waals surface area (Å²) in [4.78, 5) is 42.4. The second kappa shape index (κ2) is 8.96. The summed E-state index contributed by atoms with van der Waals surface area (Å²) in [6.07, 6.45) is 6.35. The Morgan fingerprint density at radius 2 is 2.09 bits per heavy atom. The van der Waals surface area contributed by atoms with Crippen LogP contribution in [0.2, 0.25) is 0 Å². The highest BCUT2D eigenvalue weighted by Gasteiger charge is 2.34. The first-order valence-corrected chi connectivity index (χ1v) is 10.2. The molecule has 1 fully saturated rings. The number of hydrogen-bond acceptors (Lipinski definition) is 6. The van der Waals surface area contributed by atoms with Crippen molar-refractivity contribution in [2.24, 2.45) is 0 Å². The second-order valence-electron chi connectivity index (χ2n) is 7.57. The van der Waals surface area contributed by atoms with Crippen LogP contribution in [0.5, 0.6) is 0 Å². The lowest BCUT2D eigenvalue weighted by Gasteiger charge is -2.24. The van der Waals surface area contributed by atoms with Crippen molar-refractivity contribution in [3.8, 4) is 5.82 Å². The molecule has 10 nitrogen and oxygen atoms in total. The van der Waals surface area contributed by atoms with Crippen molar-refractivity contribution in [1.82, 2.24) is 25.0 Å². The Balaban J connectivity index is 1.46. The standard InChI is InChI=1S/C22H22N6O4/c1-15-13-16(7-8-18(15)28(31)32)22(30)26-11-3-6-19(26)21(29)24-14-17-5-2-9-23-20(17)27-12-4-10-25-27/h2,4-5,7-10,12-13,19H,3,6,11,14H2,1H3,(H,24,29). The molecular weight excluding hydrogens is 412 g/mol. The number of carbonyl (C=O) groups is 2. The molecule has 1 aromatic carbocycles. The van der Waals surface area contributed by atoms with E-state index in [9.17, 15) is 19.7 Å². The molecule has 3 heterocycles. The van der Waals surface area contributed by atoms with Crippen LogP contribution in [0.1, 0.15) is 34.3 Å². The zero-order valence-corrected chi connectivity index (χ0v) is 17.5. The summed E-state index contributed by atoms with van der Waals surface area (Å²) in [6, 6.07) is 9.11. The van der Waals surface area contributed by atoms with Gasteiger partial charge in [0.15, 0.2) is 5.82 Å². The van der Waals surface area contributed by atoms with Crippen LogP contribution in [0.25, 0.3) is 5.82 Å². The van der Waals surface area contributed by atoms with Gasteiger partial charge in [-0.2, -0.15) is 5.10 Å². The highest BCUT2D eigenvalue weighted by Crippen LogP contribution is 2.24. The third kappa shape index (κ3) is 4.20. The molecule has 32 heavy (non-hydrogen) atoms. The fraction of sp³-hybridized carbons (Fsp3) is 0.273. The van der Waals surface area contributed by atoms with Gasteiger partial charge in [-0.25, -0.2) is 9.67 Å². The molecule has 1 unspecified atom stereocenters. The Bertz CT molecular complexity index is 1160. The lowest BCUT2D eigenvalue weighted by Crippen LogP contribution is -2.45. The zero-order chi connectivity index (χ0) is 22.7. The van der Waals surface area contributed by atoms with Crippen LogP contribution in [0, 0.1) is 17.0 Å². The molecule has 4 rings (SSSR count). The van der Waals surface area contributed by atoms with E-state index in [1.54, 1.807) is 42.3 Å². The van der Waals surface area contributed by atoms with Crippen molar-refractivity contribution in [1.29, 1.82) is 0 Å². The molecule has 1 aliphatic rings. The van der Waals surface area contributed by atoms with E-state index in [1.807, 2.05) is 6.07 Å². The Morgan fingerprint density at radius 1 is 1.25 bits per heavy atom. The van der Waals surface area contributed by atoms with Gasteiger partial charge < -0.3 is 10.2 Å². The van der Waals surface area contributed by atoms with E-state index in [0.29, 0.717) is 36.3 Å². The number of benzene rings is 1. The second-order valence-corrected chi connectivity index (χ2v) is 7.57. The molecule has 1 aliphatic heterocycles. The molecule has 0 aliphatic carbocycles. The molecule has 0 saturated carbocycles. The highest BCUT2D eigenvalue weighted by atomic mass is 16.6. The van der Waals surface area contributed by atoms with Crippen molar-refractivity contribution < 1.29 is 14.5 Å². The summed E-state index contributed by atoms with van der Waals surface area (Å²) in [5, 5.41) is 18.1. The maximum atomic E-state index is 13.0. The van der Waals surface area contributed by atoms with Crippen molar-refractivity contribution in [3.05, 3.63) is 81.8 Å². The fourth-order valence-corrected chi connectivity index (χ4v) is 3.91. The van der Waals surface area contributed by atoms with E-state index in [0.717, 1.165) is 5.56 Å². The summed E-state index contributed by atoms with van der Waals surface area (Å²) in [6.45, 7) is 2.30. The Hall–Kier alpha value is -4.08. The number of carbonyl (C=O) groups excluding carboxylic acids is 2. The Labute approximate surface area is 184 Å². The summed E-state index contributed by atoms with van der Waals surface area (Å²) in [7, 11) is 0. The molecule has 10 heteroatoms. The smallest absolute Gasteiger partial charge is 0.272 e. The quantitative estimate of drug-likeness (QED) is 0.469. The number of pyridine rings is 1. The van der Waals surface area contributed by atoms with Crippen LogP contribution < -0.4 is 5.32 Å². The number of nitro groups is 1. The Morgan fingerprint density at radius 3 is 2.81 bits per heavy atom. The Kier molecular flexibility index (Phi) is 5.93. The minimum absolute atomic E-state index is 0.0401. The van der Waals surface area contributed by atoms with Crippen molar-refractivity contribution in [2.45, 2.75) is 32.4 Å². The molecular formula is C22H22N6O4. The van der Waals surface area contributed by atoms with Gasteiger partial charge >= 0.3 is 0 Å². The summed E-state index contributed by atoms with van der Waals surface area (Å²) < 4.78 is 1.63. The number of rotatable bonds is 6. The van der Waals surface area contributed by atoms with Gasteiger partial charge in [0.25, 0.3) is 11.6 Å². The van der Waals surface area contributed by atoms with E-state index in [2.05, 4.69) is 15.4 Å². The first-order valence-electron chi connectivity index (χ1n) is 10.2. The zero-order valence-electron chi connectivity index (χ0n) is 17.5. The number of hydrogen-bond donors (Lipinski definition) is 1. The van der Waals surface area contributed by atoms with Gasteiger partial charge in [-0.1, -0.05) is 6.07 Å². The minimum Gasteiger partial charge on any atom is -0.350 e. The fourth-order valence-electron chi connectivity index (χ4n) is 3.91. The molecule has 0 radical (unpaired) electrons. The van der Waals surface area contributed by atoms with Crippen LogP contribution in [-0.2, 0) is 11.3 Å². The minimum atomic E-state index is -0.595. The maximum absolute atomic E-state index is 13.0. The van der Waals surface area contributed by atoms with Gasteiger partial charge in [0.2, 0.25) is 5.91 Å². The summed E-state index contributed by atoms with van der Waals surface area (Å²) in [5.74, 6) is 0.0718. The monoisotopic (exact) mass is 434 g/mol. The SMILES string of the molecule is Cc1cc(C(=O)N2CCCC2C(=O)NCc2cccnc2-n2cccn2)ccc1[N+](=O)[O-]. The van der Waals surface area contributed by atoms with Crippen LogP contribution in [-0.4, -0.2) is 49.0 Å².